The molecule has 3 nitrogen and oxygen atoms in total. The number of furan rings is 1. The number of fused-ring (bicyclic) bond motifs is 1. The number of hydrogen-bond acceptors (Lipinski definition) is 3. The van der Waals surface area contributed by atoms with E-state index in [4.69, 9.17) is 9.52 Å². The predicted molar refractivity (Wildman–Crippen MR) is 64.2 cm³/mol. The van der Waals surface area contributed by atoms with E-state index in [9.17, 15) is 0 Å². The second-order valence-electron chi connectivity index (χ2n) is 3.92. The van der Waals surface area contributed by atoms with Gasteiger partial charge < -0.3 is 14.8 Å². The molecule has 1 aromatic carbocycles. The molecule has 0 amide bonds. The molecule has 1 heterocycles. The summed E-state index contributed by atoms with van der Waals surface area (Å²) < 4.78 is 5.66. The van der Waals surface area contributed by atoms with Crippen LogP contribution < -0.4 is 5.32 Å². The van der Waals surface area contributed by atoms with Gasteiger partial charge in [0.05, 0.1) is 13.2 Å². The number of hydrogen-bond donors (Lipinski definition) is 2. The van der Waals surface area contributed by atoms with Crippen molar-refractivity contribution in [3.8, 4) is 0 Å². The molecule has 0 aliphatic heterocycles. The molecule has 0 aliphatic carbocycles. The Bertz CT molecular complexity index is 413. The van der Waals surface area contributed by atoms with Crippen molar-refractivity contribution in [2.45, 2.75) is 25.9 Å². The fourth-order valence-corrected chi connectivity index (χ4v) is 1.71. The molecular formula is C13H17NO2. The molecule has 0 bridgehead atoms. The van der Waals surface area contributed by atoms with Gasteiger partial charge in [0, 0.05) is 11.4 Å². The second kappa shape index (κ2) is 5.14. The van der Waals surface area contributed by atoms with Crippen LogP contribution in [0, 0.1) is 0 Å². The molecule has 0 aliphatic rings. The first-order valence-electron chi connectivity index (χ1n) is 5.65. The Balaban J connectivity index is 2.04. The zero-order valence-corrected chi connectivity index (χ0v) is 9.44. The zero-order valence-electron chi connectivity index (χ0n) is 9.44. The first-order chi connectivity index (χ1) is 7.83. The lowest BCUT2D eigenvalue weighted by Gasteiger charge is -2.11. The number of aliphatic hydroxyl groups is 1. The summed E-state index contributed by atoms with van der Waals surface area (Å²) in [6.07, 6.45) is 0.913. The van der Waals surface area contributed by atoms with Crippen LogP contribution in [0.5, 0.6) is 0 Å². The largest absolute Gasteiger partial charge is 0.460 e. The fraction of sp³-hybridized carbons (Fsp3) is 0.385. The van der Waals surface area contributed by atoms with Crippen molar-refractivity contribution in [3.05, 3.63) is 36.1 Å². The van der Waals surface area contributed by atoms with Crippen LogP contribution in [0.4, 0.5) is 0 Å². The Morgan fingerprint density at radius 3 is 2.88 bits per heavy atom. The van der Waals surface area contributed by atoms with Crippen LogP contribution in [0.2, 0.25) is 0 Å². The molecule has 2 aromatic rings. The van der Waals surface area contributed by atoms with Crippen LogP contribution in [0.25, 0.3) is 11.0 Å². The Hall–Kier alpha value is -1.32. The van der Waals surface area contributed by atoms with Crippen molar-refractivity contribution in [2.75, 3.05) is 6.61 Å². The quantitative estimate of drug-likeness (QED) is 0.811. The van der Waals surface area contributed by atoms with Crippen molar-refractivity contribution >= 4 is 11.0 Å². The van der Waals surface area contributed by atoms with Crippen LogP contribution in [0.3, 0.4) is 0 Å². The zero-order chi connectivity index (χ0) is 11.4. The lowest BCUT2D eigenvalue weighted by atomic mass is 10.2. The molecule has 1 aromatic heterocycles. The van der Waals surface area contributed by atoms with Crippen molar-refractivity contribution in [1.29, 1.82) is 0 Å². The number of nitrogens with one attached hydrogen (secondary N) is 1. The van der Waals surface area contributed by atoms with Crippen molar-refractivity contribution in [3.63, 3.8) is 0 Å². The smallest absolute Gasteiger partial charge is 0.134 e. The number of benzene rings is 1. The fourth-order valence-electron chi connectivity index (χ4n) is 1.71. The number of rotatable bonds is 5. The van der Waals surface area contributed by atoms with Gasteiger partial charge in [0.15, 0.2) is 0 Å². The molecule has 2 rings (SSSR count). The van der Waals surface area contributed by atoms with Crippen molar-refractivity contribution in [2.24, 2.45) is 0 Å². The van der Waals surface area contributed by atoms with E-state index >= 15 is 0 Å². The third-order valence-electron chi connectivity index (χ3n) is 2.75. The van der Waals surface area contributed by atoms with Gasteiger partial charge in [-0.2, -0.15) is 0 Å². The molecule has 16 heavy (non-hydrogen) atoms. The summed E-state index contributed by atoms with van der Waals surface area (Å²) in [5, 5.41) is 13.4. The van der Waals surface area contributed by atoms with E-state index in [1.54, 1.807) is 0 Å². The average Bonchev–Trinajstić information content (AvgIpc) is 2.73. The highest BCUT2D eigenvalue weighted by Gasteiger charge is 2.06. The third kappa shape index (κ3) is 2.43. The van der Waals surface area contributed by atoms with E-state index in [-0.39, 0.29) is 12.6 Å². The highest BCUT2D eigenvalue weighted by Crippen LogP contribution is 2.18. The van der Waals surface area contributed by atoms with Gasteiger partial charge in [-0.1, -0.05) is 25.1 Å². The standard InChI is InChI=1S/C13H17NO2/c1-2-11(9-15)14-8-12-7-10-5-3-4-6-13(10)16-12/h3-7,11,14-15H,2,8-9H2,1H3/t11-/m1/s1. The van der Waals surface area contributed by atoms with Gasteiger partial charge in [0.25, 0.3) is 0 Å². The van der Waals surface area contributed by atoms with Crippen molar-refractivity contribution in [1.82, 2.24) is 5.32 Å². The number of aliphatic hydroxyl groups excluding tert-OH is 1. The monoisotopic (exact) mass is 219 g/mol. The summed E-state index contributed by atoms with van der Waals surface area (Å²) in [4.78, 5) is 0. The van der Waals surface area contributed by atoms with Crippen LogP contribution in [0.1, 0.15) is 19.1 Å². The SMILES string of the molecule is CC[C@H](CO)NCc1cc2ccccc2o1. The predicted octanol–water partition coefficient (Wildman–Crippen LogP) is 2.29. The van der Waals surface area contributed by atoms with Gasteiger partial charge in [-0.25, -0.2) is 0 Å². The highest BCUT2D eigenvalue weighted by atomic mass is 16.3. The number of para-hydroxylation sites is 1. The Kier molecular flexibility index (Phi) is 3.59. The average molecular weight is 219 g/mol. The summed E-state index contributed by atoms with van der Waals surface area (Å²) >= 11 is 0. The molecule has 2 N–H and O–H groups in total. The third-order valence-corrected chi connectivity index (χ3v) is 2.75. The summed E-state index contributed by atoms with van der Waals surface area (Å²) in [5.41, 5.74) is 0.913. The first kappa shape index (κ1) is 11.2. The van der Waals surface area contributed by atoms with E-state index in [1.807, 2.05) is 37.3 Å². The molecule has 0 spiro atoms. The van der Waals surface area contributed by atoms with Gasteiger partial charge in [-0.05, 0) is 18.6 Å². The van der Waals surface area contributed by atoms with Crippen LogP contribution in [0.15, 0.2) is 34.7 Å². The minimum Gasteiger partial charge on any atom is -0.460 e. The summed E-state index contributed by atoms with van der Waals surface area (Å²) in [6.45, 7) is 2.87. The van der Waals surface area contributed by atoms with Gasteiger partial charge in [0.1, 0.15) is 11.3 Å². The normalized spacial score (nSPS) is 13.1. The molecule has 0 fully saturated rings. The highest BCUT2D eigenvalue weighted by molar-refractivity contribution is 5.77. The molecular weight excluding hydrogens is 202 g/mol. The summed E-state index contributed by atoms with van der Waals surface area (Å²) in [5.74, 6) is 0.910. The van der Waals surface area contributed by atoms with Gasteiger partial charge >= 0.3 is 0 Å². The Morgan fingerprint density at radius 1 is 1.38 bits per heavy atom. The van der Waals surface area contributed by atoms with Crippen LogP contribution >= 0.6 is 0 Å². The van der Waals surface area contributed by atoms with E-state index in [2.05, 4.69) is 5.32 Å². The minimum absolute atomic E-state index is 0.146. The second-order valence-corrected chi connectivity index (χ2v) is 3.92. The molecule has 1 atom stereocenters. The maximum absolute atomic E-state index is 9.05. The lowest BCUT2D eigenvalue weighted by Crippen LogP contribution is -2.30. The van der Waals surface area contributed by atoms with Gasteiger partial charge in [-0.15, -0.1) is 0 Å². The Labute approximate surface area is 95.1 Å². The molecule has 3 heteroatoms. The van der Waals surface area contributed by atoms with Gasteiger partial charge in [-0.3, -0.25) is 0 Å². The Morgan fingerprint density at radius 2 is 2.19 bits per heavy atom. The van der Waals surface area contributed by atoms with Crippen molar-refractivity contribution < 1.29 is 9.52 Å². The topological polar surface area (TPSA) is 45.4 Å². The van der Waals surface area contributed by atoms with E-state index in [0.29, 0.717) is 6.54 Å². The molecule has 0 unspecified atom stereocenters. The minimum atomic E-state index is 0.146. The molecule has 0 saturated carbocycles. The van der Waals surface area contributed by atoms with Gasteiger partial charge in [0.2, 0.25) is 0 Å². The maximum Gasteiger partial charge on any atom is 0.134 e. The molecule has 0 radical (unpaired) electrons. The van der Waals surface area contributed by atoms with E-state index < -0.39 is 0 Å². The van der Waals surface area contributed by atoms with Crippen LogP contribution in [-0.2, 0) is 6.54 Å². The first-order valence-corrected chi connectivity index (χ1v) is 5.65. The molecule has 86 valence electrons. The molecule has 0 saturated heterocycles. The summed E-state index contributed by atoms with van der Waals surface area (Å²) in [7, 11) is 0. The lowest BCUT2D eigenvalue weighted by molar-refractivity contribution is 0.236. The van der Waals surface area contributed by atoms with E-state index in [0.717, 1.165) is 23.2 Å². The maximum atomic E-state index is 9.05. The van der Waals surface area contributed by atoms with Crippen LogP contribution in [-0.4, -0.2) is 17.8 Å². The summed E-state index contributed by atoms with van der Waals surface area (Å²) in [6, 6.07) is 10.1. The van der Waals surface area contributed by atoms with E-state index in [1.165, 1.54) is 0 Å².